The molecule has 1 N–H and O–H groups in total. The lowest BCUT2D eigenvalue weighted by atomic mass is 10.2. The number of ether oxygens (including phenoxy) is 1. The van der Waals surface area contributed by atoms with Gasteiger partial charge in [-0.2, -0.15) is 0 Å². The molecule has 0 bridgehead atoms. The normalized spacial score (nSPS) is 10.7. The number of rotatable bonds is 5. The molecule has 3 aromatic rings. The molecule has 2 aromatic carbocycles. The molecule has 3 rings (SSSR count). The molecule has 0 radical (unpaired) electrons. The van der Waals surface area contributed by atoms with Gasteiger partial charge in [-0.05, 0) is 31.2 Å². The molecule has 1 amide bonds. The number of nitrogens with one attached hydrogen (secondary N) is 1. The Balaban J connectivity index is 1.77. The molecule has 0 aliphatic rings. The van der Waals surface area contributed by atoms with Crippen LogP contribution in [-0.2, 0) is 13.6 Å². The molecular weight excluding hydrogens is 290 g/mol. The van der Waals surface area contributed by atoms with Crippen LogP contribution in [0.15, 0.2) is 48.5 Å². The standard InChI is InChI=1S/C18H19N3O2/c1-3-23-16-11-7-4-8-13(16)18(22)19-12-17-20-14-9-5-6-10-15(14)21(17)2/h4-11H,3,12H2,1-2H3,(H,19,22). The van der Waals surface area contributed by atoms with Crippen LogP contribution < -0.4 is 10.1 Å². The highest BCUT2D eigenvalue weighted by molar-refractivity contribution is 5.96. The predicted octanol–water partition coefficient (Wildman–Crippen LogP) is 2.90. The Bertz CT molecular complexity index is 839. The van der Waals surface area contributed by atoms with Crippen molar-refractivity contribution in [2.75, 3.05) is 6.61 Å². The highest BCUT2D eigenvalue weighted by Gasteiger charge is 2.13. The zero-order valence-corrected chi connectivity index (χ0v) is 13.2. The number of amides is 1. The summed E-state index contributed by atoms with van der Waals surface area (Å²) in [6.07, 6.45) is 0. The van der Waals surface area contributed by atoms with Gasteiger partial charge in [0.05, 0.1) is 29.7 Å². The van der Waals surface area contributed by atoms with Crippen molar-refractivity contribution in [2.24, 2.45) is 7.05 Å². The number of imidazole rings is 1. The molecule has 5 heteroatoms. The number of carbonyl (C=O) groups is 1. The van der Waals surface area contributed by atoms with Gasteiger partial charge in [0.15, 0.2) is 0 Å². The minimum Gasteiger partial charge on any atom is -0.493 e. The van der Waals surface area contributed by atoms with E-state index in [0.717, 1.165) is 16.9 Å². The molecule has 0 spiro atoms. The number of aryl methyl sites for hydroxylation is 1. The Labute approximate surface area is 134 Å². The summed E-state index contributed by atoms with van der Waals surface area (Å²) in [6.45, 7) is 2.79. The van der Waals surface area contributed by atoms with E-state index >= 15 is 0 Å². The largest absolute Gasteiger partial charge is 0.493 e. The van der Waals surface area contributed by atoms with Crippen LogP contribution in [0.5, 0.6) is 5.75 Å². The summed E-state index contributed by atoms with van der Waals surface area (Å²) in [5.41, 5.74) is 2.51. The second kappa shape index (κ2) is 6.52. The first-order valence-corrected chi connectivity index (χ1v) is 7.61. The highest BCUT2D eigenvalue weighted by atomic mass is 16.5. The highest BCUT2D eigenvalue weighted by Crippen LogP contribution is 2.18. The number of hydrogen-bond donors (Lipinski definition) is 1. The van der Waals surface area contributed by atoms with E-state index in [1.54, 1.807) is 12.1 Å². The van der Waals surface area contributed by atoms with Crippen LogP contribution in [0.1, 0.15) is 23.1 Å². The Morgan fingerprint density at radius 2 is 1.91 bits per heavy atom. The van der Waals surface area contributed by atoms with Gasteiger partial charge < -0.3 is 14.6 Å². The summed E-state index contributed by atoms with van der Waals surface area (Å²) in [7, 11) is 1.95. The van der Waals surface area contributed by atoms with Crippen LogP contribution in [0.3, 0.4) is 0 Å². The molecule has 23 heavy (non-hydrogen) atoms. The molecule has 0 aliphatic heterocycles. The van der Waals surface area contributed by atoms with E-state index < -0.39 is 0 Å². The summed E-state index contributed by atoms with van der Waals surface area (Å²) in [6, 6.07) is 15.1. The molecule has 0 fully saturated rings. The summed E-state index contributed by atoms with van der Waals surface area (Å²) >= 11 is 0. The lowest BCUT2D eigenvalue weighted by molar-refractivity contribution is 0.0946. The fourth-order valence-electron chi connectivity index (χ4n) is 2.54. The van der Waals surface area contributed by atoms with Crippen molar-refractivity contribution in [2.45, 2.75) is 13.5 Å². The van der Waals surface area contributed by atoms with Crippen molar-refractivity contribution >= 4 is 16.9 Å². The molecule has 0 saturated carbocycles. The van der Waals surface area contributed by atoms with Gasteiger partial charge in [0.25, 0.3) is 5.91 Å². The lowest BCUT2D eigenvalue weighted by Crippen LogP contribution is -2.25. The van der Waals surface area contributed by atoms with Gasteiger partial charge in [-0.3, -0.25) is 4.79 Å². The Kier molecular flexibility index (Phi) is 4.28. The number of nitrogens with zero attached hydrogens (tertiary/aromatic N) is 2. The first kappa shape index (κ1) is 15.1. The minimum atomic E-state index is -0.166. The van der Waals surface area contributed by atoms with Gasteiger partial charge in [0.1, 0.15) is 11.6 Å². The number of carbonyl (C=O) groups excluding carboxylic acids is 1. The maximum absolute atomic E-state index is 12.4. The van der Waals surface area contributed by atoms with Crippen molar-refractivity contribution in [3.63, 3.8) is 0 Å². The summed E-state index contributed by atoms with van der Waals surface area (Å²) in [5, 5.41) is 2.91. The summed E-state index contributed by atoms with van der Waals surface area (Å²) in [5.74, 6) is 1.24. The second-order valence-corrected chi connectivity index (χ2v) is 5.19. The molecule has 1 heterocycles. The van der Waals surface area contributed by atoms with Crippen LogP contribution in [-0.4, -0.2) is 22.1 Å². The molecule has 0 atom stereocenters. The van der Waals surface area contributed by atoms with Gasteiger partial charge in [-0.25, -0.2) is 4.98 Å². The number of benzene rings is 2. The summed E-state index contributed by atoms with van der Waals surface area (Å²) < 4.78 is 7.49. The van der Waals surface area contributed by atoms with Gasteiger partial charge in [0, 0.05) is 7.05 Å². The third kappa shape index (κ3) is 3.04. The van der Waals surface area contributed by atoms with E-state index in [9.17, 15) is 4.79 Å². The van der Waals surface area contributed by atoms with Gasteiger partial charge in [-0.15, -0.1) is 0 Å². The maximum atomic E-state index is 12.4. The fourth-order valence-corrected chi connectivity index (χ4v) is 2.54. The molecule has 0 saturated heterocycles. The van der Waals surface area contributed by atoms with Gasteiger partial charge in [0.2, 0.25) is 0 Å². The van der Waals surface area contributed by atoms with Crippen molar-refractivity contribution in [1.29, 1.82) is 0 Å². The van der Waals surface area contributed by atoms with E-state index in [1.165, 1.54) is 0 Å². The second-order valence-electron chi connectivity index (χ2n) is 5.19. The van der Waals surface area contributed by atoms with E-state index in [4.69, 9.17) is 4.74 Å². The zero-order chi connectivity index (χ0) is 16.2. The predicted molar refractivity (Wildman–Crippen MR) is 89.5 cm³/mol. The van der Waals surface area contributed by atoms with E-state index in [2.05, 4.69) is 10.3 Å². The van der Waals surface area contributed by atoms with Crippen LogP contribution in [0.25, 0.3) is 11.0 Å². The maximum Gasteiger partial charge on any atom is 0.255 e. The van der Waals surface area contributed by atoms with Gasteiger partial charge in [-0.1, -0.05) is 24.3 Å². The van der Waals surface area contributed by atoms with Crippen LogP contribution >= 0.6 is 0 Å². The molecule has 0 aliphatic carbocycles. The number of para-hydroxylation sites is 3. The smallest absolute Gasteiger partial charge is 0.255 e. The molecular formula is C18H19N3O2. The first-order chi connectivity index (χ1) is 11.2. The van der Waals surface area contributed by atoms with Crippen molar-refractivity contribution in [1.82, 2.24) is 14.9 Å². The number of fused-ring (bicyclic) bond motifs is 1. The molecule has 0 unspecified atom stereocenters. The van der Waals surface area contributed by atoms with Crippen molar-refractivity contribution in [3.8, 4) is 5.75 Å². The molecule has 118 valence electrons. The van der Waals surface area contributed by atoms with Crippen LogP contribution in [0.2, 0.25) is 0 Å². The van der Waals surface area contributed by atoms with E-state index in [1.807, 2.05) is 54.9 Å². The van der Waals surface area contributed by atoms with Crippen LogP contribution in [0.4, 0.5) is 0 Å². The average molecular weight is 309 g/mol. The fraction of sp³-hybridized carbons (Fsp3) is 0.222. The third-order valence-corrected chi connectivity index (χ3v) is 3.72. The number of aromatic nitrogens is 2. The van der Waals surface area contributed by atoms with E-state index in [0.29, 0.717) is 24.5 Å². The third-order valence-electron chi connectivity index (χ3n) is 3.72. The Morgan fingerprint density at radius 3 is 2.70 bits per heavy atom. The van der Waals surface area contributed by atoms with Crippen LogP contribution in [0, 0.1) is 0 Å². The van der Waals surface area contributed by atoms with E-state index in [-0.39, 0.29) is 5.91 Å². The van der Waals surface area contributed by atoms with Crippen molar-refractivity contribution < 1.29 is 9.53 Å². The van der Waals surface area contributed by atoms with Crippen molar-refractivity contribution in [3.05, 3.63) is 59.9 Å². The monoisotopic (exact) mass is 309 g/mol. The zero-order valence-electron chi connectivity index (χ0n) is 13.2. The Morgan fingerprint density at radius 1 is 1.17 bits per heavy atom. The topological polar surface area (TPSA) is 56.1 Å². The van der Waals surface area contributed by atoms with Gasteiger partial charge >= 0.3 is 0 Å². The molecule has 1 aromatic heterocycles. The SMILES string of the molecule is CCOc1ccccc1C(=O)NCc1nc2ccccc2n1C. The molecule has 5 nitrogen and oxygen atoms in total. The quantitative estimate of drug-likeness (QED) is 0.788. The average Bonchev–Trinajstić information content (AvgIpc) is 2.90. The summed E-state index contributed by atoms with van der Waals surface area (Å²) in [4.78, 5) is 17.0. The lowest BCUT2D eigenvalue weighted by Gasteiger charge is -2.10. The minimum absolute atomic E-state index is 0.166. The Hall–Kier alpha value is -2.82. The first-order valence-electron chi connectivity index (χ1n) is 7.61. The number of hydrogen-bond acceptors (Lipinski definition) is 3.